The lowest BCUT2D eigenvalue weighted by atomic mass is 10.3. The van der Waals surface area contributed by atoms with Gasteiger partial charge in [-0.25, -0.2) is 0 Å². The minimum atomic E-state index is -0.589. The quantitative estimate of drug-likeness (QED) is 0.156. The van der Waals surface area contributed by atoms with Crippen LogP contribution in [0, 0.1) is 0 Å². The van der Waals surface area contributed by atoms with Gasteiger partial charge in [-0.2, -0.15) is 70.6 Å². The molecular formula is C28H62O2S6. The van der Waals surface area contributed by atoms with Crippen molar-refractivity contribution in [3.8, 4) is 0 Å². The van der Waals surface area contributed by atoms with Crippen molar-refractivity contribution in [3.05, 3.63) is 0 Å². The molecule has 0 aromatic heterocycles. The molecule has 36 heavy (non-hydrogen) atoms. The van der Waals surface area contributed by atoms with E-state index in [0.717, 1.165) is 31.5 Å². The second-order valence-corrected chi connectivity index (χ2v) is 21.0. The number of thioether (sulfide) groups is 6. The zero-order valence-electron chi connectivity index (χ0n) is 25.9. The zero-order chi connectivity index (χ0) is 28.8. The predicted octanol–water partition coefficient (Wildman–Crippen LogP) is 9.31. The van der Waals surface area contributed by atoms with E-state index in [4.69, 9.17) is 0 Å². The van der Waals surface area contributed by atoms with Crippen LogP contribution in [0.5, 0.6) is 0 Å². The first kappa shape index (κ1) is 42.5. The van der Waals surface area contributed by atoms with Gasteiger partial charge in [0.15, 0.2) is 0 Å². The van der Waals surface area contributed by atoms with Crippen LogP contribution < -0.4 is 0 Å². The van der Waals surface area contributed by atoms with E-state index in [0.29, 0.717) is 22.0 Å². The van der Waals surface area contributed by atoms with Crippen molar-refractivity contribution in [1.82, 2.24) is 0 Å². The predicted molar refractivity (Wildman–Crippen MR) is 187 cm³/mol. The molecular weight excluding hydrogens is 561 g/mol. The maximum absolute atomic E-state index is 9.60. The van der Waals surface area contributed by atoms with E-state index in [1.54, 1.807) is 23.5 Å². The van der Waals surface area contributed by atoms with Crippen LogP contribution >= 0.6 is 70.6 Å². The molecule has 0 amide bonds. The molecule has 0 heterocycles. The van der Waals surface area contributed by atoms with Gasteiger partial charge in [-0.05, 0) is 31.5 Å². The van der Waals surface area contributed by atoms with Gasteiger partial charge in [-0.3, -0.25) is 0 Å². The summed E-state index contributed by atoms with van der Waals surface area (Å²) >= 11 is 11.6. The Hall–Kier alpha value is 2.02. The molecule has 0 aliphatic rings. The summed E-state index contributed by atoms with van der Waals surface area (Å²) in [6, 6.07) is 0. The fourth-order valence-electron chi connectivity index (χ4n) is 2.45. The van der Waals surface area contributed by atoms with Gasteiger partial charge in [0, 0.05) is 33.5 Å². The van der Waals surface area contributed by atoms with Crippen LogP contribution in [0.1, 0.15) is 96.9 Å². The topological polar surface area (TPSA) is 40.5 Å². The minimum Gasteiger partial charge on any atom is -0.390 e. The molecule has 0 fully saturated rings. The molecule has 4 atom stereocenters. The Morgan fingerprint density at radius 1 is 0.389 bits per heavy atom. The van der Waals surface area contributed by atoms with Crippen LogP contribution in [0.15, 0.2) is 0 Å². The highest BCUT2D eigenvalue weighted by Gasteiger charge is 2.17. The van der Waals surface area contributed by atoms with E-state index < -0.39 is 12.2 Å². The highest BCUT2D eigenvalue weighted by molar-refractivity contribution is 8.04. The molecule has 0 saturated heterocycles. The maximum atomic E-state index is 9.60. The molecule has 0 saturated carbocycles. The summed E-state index contributed by atoms with van der Waals surface area (Å²) in [5, 5.41) is 24.9. The first-order valence-electron chi connectivity index (χ1n) is 13.6. The van der Waals surface area contributed by atoms with Crippen molar-refractivity contribution >= 4 is 70.6 Å². The standard InChI is InChI=1S/C10H22O2S2.C10H22S2.C8H18S2/c1-7(2)13-5-9(11)10(12)6-14-8(3)4;1-7(2)11-9(5)10(6)12-8(3)4;1-7(2)9-5-6-10-8(3)4/h7-12H,5-6H2,1-4H3;7-10H,1-6H3;7-8H,5-6H2,1-4H3. The van der Waals surface area contributed by atoms with E-state index in [9.17, 15) is 10.2 Å². The third-order valence-electron chi connectivity index (χ3n) is 4.27. The van der Waals surface area contributed by atoms with Gasteiger partial charge >= 0.3 is 0 Å². The molecule has 4 unspecified atom stereocenters. The monoisotopic (exact) mass is 622 g/mol. The fraction of sp³-hybridized carbons (Fsp3) is 1.00. The Kier molecular flexibility index (Phi) is 32.1. The molecule has 0 rings (SSSR count). The van der Waals surface area contributed by atoms with E-state index >= 15 is 0 Å². The summed E-state index contributed by atoms with van der Waals surface area (Å²) in [4.78, 5) is 0. The van der Waals surface area contributed by atoms with E-state index in [1.165, 1.54) is 11.5 Å². The average molecular weight is 623 g/mol. The number of hydrogen-bond donors (Lipinski definition) is 2. The molecule has 0 aromatic carbocycles. The Morgan fingerprint density at radius 3 is 0.833 bits per heavy atom. The molecule has 0 aromatic rings. The van der Waals surface area contributed by atoms with Gasteiger partial charge in [0.2, 0.25) is 0 Å². The summed E-state index contributed by atoms with van der Waals surface area (Å²) in [5.41, 5.74) is 0. The third-order valence-corrected chi connectivity index (χ3v) is 12.1. The lowest BCUT2D eigenvalue weighted by molar-refractivity contribution is 0.0499. The largest absolute Gasteiger partial charge is 0.390 e. The summed E-state index contributed by atoms with van der Waals surface area (Å²) in [5.74, 6) is 3.86. The van der Waals surface area contributed by atoms with Crippen molar-refractivity contribution < 1.29 is 10.2 Å². The second-order valence-electron chi connectivity index (χ2n) is 10.5. The smallest absolute Gasteiger partial charge is 0.0897 e. The fourth-order valence-corrected chi connectivity index (χ4v) is 8.32. The number of aliphatic hydroxyl groups is 2. The molecule has 0 spiro atoms. The molecule has 2 N–H and O–H groups in total. The van der Waals surface area contributed by atoms with E-state index in [2.05, 4.69) is 144 Å². The van der Waals surface area contributed by atoms with Gasteiger partial charge in [0.1, 0.15) is 0 Å². The minimum absolute atomic E-state index is 0.509. The summed E-state index contributed by atoms with van der Waals surface area (Å²) in [7, 11) is 0. The first-order valence-corrected chi connectivity index (χ1v) is 19.7. The van der Waals surface area contributed by atoms with Gasteiger partial charge in [-0.15, -0.1) is 0 Å². The molecule has 2 nitrogen and oxygen atoms in total. The number of aliphatic hydroxyl groups excluding tert-OH is 2. The Morgan fingerprint density at radius 2 is 0.639 bits per heavy atom. The molecule has 0 bridgehead atoms. The van der Waals surface area contributed by atoms with Crippen LogP contribution in [0.25, 0.3) is 0 Å². The Bertz CT molecular complexity index is 408. The van der Waals surface area contributed by atoms with Crippen molar-refractivity contribution in [2.45, 2.75) is 151 Å². The molecule has 222 valence electrons. The van der Waals surface area contributed by atoms with Crippen molar-refractivity contribution in [3.63, 3.8) is 0 Å². The Labute approximate surface area is 253 Å². The van der Waals surface area contributed by atoms with Crippen molar-refractivity contribution in [2.24, 2.45) is 0 Å². The van der Waals surface area contributed by atoms with Crippen LogP contribution in [-0.2, 0) is 0 Å². The van der Waals surface area contributed by atoms with E-state index in [1.807, 2.05) is 0 Å². The number of hydrogen-bond acceptors (Lipinski definition) is 8. The van der Waals surface area contributed by atoms with Crippen molar-refractivity contribution in [2.75, 3.05) is 23.0 Å². The van der Waals surface area contributed by atoms with Gasteiger partial charge < -0.3 is 10.2 Å². The summed E-state index contributed by atoms with van der Waals surface area (Å²) in [6.07, 6.45) is -1.18. The highest BCUT2D eigenvalue weighted by Crippen LogP contribution is 2.29. The average Bonchev–Trinajstić information content (AvgIpc) is 2.73. The molecule has 0 aliphatic heterocycles. The van der Waals surface area contributed by atoms with Crippen LogP contribution in [-0.4, -0.2) is 87.4 Å². The number of rotatable bonds is 17. The molecule has 8 heteroatoms. The lowest BCUT2D eigenvalue weighted by Crippen LogP contribution is -2.31. The maximum Gasteiger partial charge on any atom is 0.0897 e. The van der Waals surface area contributed by atoms with Gasteiger partial charge in [0.25, 0.3) is 0 Å². The van der Waals surface area contributed by atoms with Crippen LogP contribution in [0.4, 0.5) is 0 Å². The summed E-state index contributed by atoms with van der Waals surface area (Å²) in [6.45, 7) is 31.1. The van der Waals surface area contributed by atoms with Crippen LogP contribution in [0.3, 0.4) is 0 Å². The van der Waals surface area contributed by atoms with Crippen LogP contribution in [0.2, 0.25) is 0 Å². The summed E-state index contributed by atoms with van der Waals surface area (Å²) < 4.78 is 0. The van der Waals surface area contributed by atoms with Gasteiger partial charge in [-0.1, -0.05) is 96.9 Å². The van der Waals surface area contributed by atoms with Gasteiger partial charge in [0.05, 0.1) is 12.2 Å². The lowest BCUT2D eigenvalue weighted by Gasteiger charge is -2.22. The highest BCUT2D eigenvalue weighted by atomic mass is 32.2. The normalized spacial score (nSPS) is 15.2. The Balaban J connectivity index is -0.000000460. The molecule has 0 radical (unpaired) electrons. The van der Waals surface area contributed by atoms with E-state index in [-0.39, 0.29) is 0 Å². The first-order chi connectivity index (χ1) is 16.5. The second kappa shape index (κ2) is 27.2. The van der Waals surface area contributed by atoms with Crippen molar-refractivity contribution in [1.29, 1.82) is 0 Å². The third kappa shape index (κ3) is 36.0. The zero-order valence-corrected chi connectivity index (χ0v) is 30.8. The molecule has 0 aliphatic carbocycles. The SMILES string of the molecule is CC(C)SC(C)C(C)SC(C)C.CC(C)SCC(O)C(O)CSC(C)C.CC(C)SCCSC(C)C.